The van der Waals surface area contributed by atoms with Crippen molar-refractivity contribution in [3.63, 3.8) is 0 Å². The molecule has 3 aromatic heterocycles. The zero-order valence-corrected chi connectivity index (χ0v) is 98.6. The predicted molar refractivity (Wildman–Crippen MR) is 535 cm³/mol. The van der Waals surface area contributed by atoms with Crippen molar-refractivity contribution in [1.29, 1.82) is 0 Å². The van der Waals surface area contributed by atoms with Crippen molar-refractivity contribution in [1.82, 2.24) is 38.5 Å². The van der Waals surface area contributed by atoms with Crippen molar-refractivity contribution in [3.05, 3.63) is 307 Å². The van der Waals surface area contributed by atoms with Gasteiger partial charge in [-0.1, -0.05) is 172 Å². The Morgan fingerprint density at radius 3 is 1.15 bits per heavy atom. The number of rotatable bonds is 30. The zero-order valence-electron chi connectivity index (χ0n) is 81.4. The molecule has 0 fully saturated rings. The summed E-state index contributed by atoms with van der Waals surface area (Å²) in [4.78, 5) is 105. The molecule has 40 heteroatoms. The molecule has 0 saturated heterocycles. The molecule has 5 N–H and O–H groups in total. The molecule has 0 saturated carbocycles. The Balaban J connectivity index is 0.000000568. The molecule has 0 spiro atoms. The van der Waals surface area contributed by atoms with Gasteiger partial charge in [0.1, 0.15) is 34.8 Å². The summed E-state index contributed by atoms with van der Waals surface area (Å²) in [5, 5.41) is 11.8. The quantitative estimate of drug-likeness (QED) is 0.00811. The van der Waals surface area contributed by atoms with Gasteiger partial charge in [-0.25, -0.2) is 31.9 Å². The third kappa shape index (κ3) is 37.8. The van der Waals surface area contributed by atoms with Crippen LogP contribution >= 0.6 is 79.6 Å². The van der Waals surface area contributed by atoms with E-state index in [0.29, 0.717) is 65.7 Å². The van der Waals surface area contributed by atoms with Gasteiger partial charge in [0.15, 0.2) is 39.6 Å². The van der Waals surface area contributed by atoms with E-state index >= 15 is 0 Å². The maximum atomic E-state index is 13.7. The van der Waals surface area contributed by atoms with Gasteiger partial charge in [0.2, 0.25) is 0 Å². The molecule has 5 atom stereocenters. The summed E-state index contributed by atoms with van der Waals surface area (Å²) in [6.45, 7) is 46.2. The number of nitrogens with one attached hydrogen (secondary N) is 3. The summed E-state index contributed by atoms with van der Waals surface area (Å²) in [5.74, 6) is 0.00974. The first-order valence-electron chi connectivity index (χ1n) is 42.3. The fraction of sp³-hybridized carbons (Fsp3) is 0.441. The van der Waals surface area contributed by atoms with E-state index in [1.165, 1.54) is 80.8 Å². The SMILES string of the molecule is CC(C)(C)[Si](C)(C)OCCC(Br)c1ccc(F)cc1.CC(C)(C)[Si](C)(C)OCCC(c1ccc(F)cc1)N1C(=O)C(Br)=CNC1N.CC(C)(C)[Si](C)(C)OCCC(c1ccc(F)cc1)n1c(=O)[nH]cc(Br)c1=O.COc1ccc(Cn2cc(Br)c(=O)[nH]c2=O)cc1.COc1ccc(Cn2cc(Br)c(=O)n(C(CCO[Si](C)(C)C(C)(C)C)c3ccc(F)cc3)c2=O)cc1.O=CO[O-].[H-].[K+].[K+]. The Kier molecular flexibility index (Phi) is 51.3. The molecule has 0 bridgehead atoms. The van der Waals surface area contributed by atoms with Gasteiger partial charge < -0.3 is 49.0 Å². The minimum absolute atomic E-state index is 0. The van der Waals surface area contributed by atoms with Crippen LogP contribution in [0.4, 0.5) is 17.6 Å². The topological polar surface area (TPSA) is 317 Å². The van der Waals surface area contributed by atoms with Crippen LogP contribution in [0.1, 0.15) is 167 Å². The van der Waals surface area contributed by atoms with Gasteiger partial charge in [0, 0.05) is 56.0 Å². The average molecular weight is 2290 g/mol. The van der Waals surface area contributed by atoms with Gasteiger partial charge in [-0.05, 0) is 268 Å². The third-order valence-electron chi connectivity index (χ3n) is 23.8. The molecule has 10 rings (SSSR count). The maximum Gasteiger partial charge on any atom is 1.00 e. The van der Waals surface area contributed by atoms with Gasteiger partial charge in [-0.2, -0.15) is 0 Å². The van der Waals surface area contributed by atoms with Crippen LogP contribution < -0.4 is 162 Å². The van der Waals surface area contributed by atoms with Gasteiger partial charge in [0.25, 0.3) is 29.1 Å². The number of methoxy groups -OCH3 is 2. The summed E-state index contributed by atoms with van der Waals surface area (Å²) in [5.41, 5.74) is 8.57. The number of carbonyl (C=O) groups is 2. The number of hydrogen-bond acceptors (Lipinski definition) is 18. The van der Waals surface area contributed by atoms with Crippen LogP contribution in [0.25, 0.3) is 0 Å². The van der Waals surface area contributed by atoms with E-state index in [0.717, 1.165) is 51.3 Å². The molecule has 133 heavy (non-hydrogen) atoms. The second kappa shape index (κ2) is 55.6. The molecule has 4 heterocycles. The van der Waals surface area contributed by atoms with E-state index in [4.69, 9.17) is 43.0 Å². The Bertz CT molecular complexity index is 5600. The molecule has 6 aromatic carbocycles. The number of ether oxygens (including phenoxy) is 2. The number of aromatic nitrogens is 6. The molecule has 720 valence electrons. The van der Waals surface area contributed by atoms with Crippen LogP contribution in [0.2, 0.25) is 72.5 Å². The molecule has 25 nitrogen and oxygen atoms in total. The van der Waals surface area contributed by atoms with E-state index < -0.39 is 85.4 Å². The number of H-pyrrole nitrogens is 2. The van der Waals surface area contributed by atoms with Crippen LogP contribution in [0, 0.1) is 23.3 Å². The van der Waals surface area contributed by atoms with E-state index in [2.05, 4.69) is 235 Å². The molecular formula is C93H126Br5F4K2N9O16Si4. The molecule has 0 aliphatic carbocycles. The fourth-order valence-electron chi connectivity index (χ4n) is 11.9. The maximum absolute atomic E-state index is 13.7. The van der Waals surface area contributed by atoms with Gasteiger partial charge in [-0.15, -0.1) is 0 Å². The monoisotopic (exact) mass is 2290 g/mol. The van der Waals surface area contributed by atoms with Crippen molar-refractivity contribution in [2.75, 3.05) is 40.6 Å². The van der Waals surface area contributed by atoms with E-state index in [1.54, 1.807) is 61.7 Å². The standard InChI is InChI=1S/C27H34BrFN2O4Si.C19H29BrFN3O2Si.C19H26BrFN2O3Si.C15H24BrFOSi.C12H11BrN2O3.CH2O3.2K.H/c1-27(2,3)36(5,6)35-16-15-24(20-9-11-21(29)12-10-20)31-25(32)23(28)18-30(26(31)33)17-19-7-13-22(34-4)14-8-19;1-19(2,3)27(4,5)26-11-10-16(13-6-8-14(21)9-7-13)24-17(25)15(20)12-23-18(24)22;1-19(2,3)27(4,5)26-11-10-16(13-6-8-14(21)9-7-13)23-17(24)15(20)12-22-18(23)25;1-15(2,3)19(4,5)18-11-10-14(16)12-6-8-13(17)9-7-12;1-18-9-4-2-8(3-5-9)6-15-7-10(13)11(16)14-12(15)17;2-1-4-3;;;/h7-14,18,24H,15-17H2,1-6H3;6-9,12,16,18,23H,10-11,22H2,1-5H3;6-9,12,16H,10-11H2,1-5H3,(H,22,25);6-9,14H,10-11H2,1-5H3;2-5,7H,6H2,1H3,(H,14,16,17);1,3H;;;/q;;;;;;2*+1;-1/p-1. The third-order valence-corrected chi connectivity index (χ3v) is 45.2. The van der Waals surface area contributed by atoms with E-state index in [1.807, 2.05) is 60.7 Å². The molecule has 9 aromatic rings. The second-order valence-electron chi connectivity index (χ2n) is 37.1. The number of nitrogens with zero attached hydrogens (tertiary/aromatic N) is 5. The van der Waals surface area contributed by atoms with Crippen molar-refractivity contribution in [2.45, 2.75) is 224 Å². The number of carbonyl (C=O) groups excluding carboxylic acids is 2. The Labute approximate surface area is 910 Å². The Hall–Kier alpha value is -4.54. The smallest absolute Gasteiger partial charge is 1.00 e. The molecule has 1 aliphatic rings. The fourth-order valence-corrected chi connectivity index (χ4v) is 18.0. The molecular weight excluding hydrogens is 2170 g/mol. The Morgan fingerprint density at radius 2 is 0.789 bits per heavy atom. The first-order chi connectivity index (χ1) is 60.9. The van der Waals surface area contributed by atoms with Crippen molar-refractivity contribution in [3.8, 4) is 11.5 Å². The number of hydrogen-bond donors (Lipinski definition) is 4. The zero-order chi connectivity index (χ0) is 98.7. The first kappa shape index (κ1) is 123. The number of amides is 1. The number of nitrogens with two attached hydrogens (primary N) is 1. The predicted octanol–water partition coefficient (Wildman–Crippen LogP) is 14.2. The largest absolute Gasteiger partial charge is 1.00 e. The number of benzene rings is 6. The first-order valence-corrected chi connectivity index (χ1v) is 58.0. The van der Waals surface area contributed by atoms with E-state index in [9.17, 15) is 51.1 Å². The van der Waals surface area contributed by atoms with Gasteiger partial charge >= 0.3 is 120 Å². The molecule has 0 radical (unpaired) electrons. The van der Waals surface area contributed by atoms with Gasteiger partial charge in [-0.3, -0.25) is 57.9 Å². The van der Waals surface area contributed by atoms with Crippen molar-refractivity contribution >= 4 is 125 Å². The minimum Gasteiger partial charge on any atom is -1.00 e. The molecule has 5 unspecified atom stereocenters. The van der Waals surface area contributed by atoms with Crippen molar-refractivity contribution < 1.29 is 169 Å². The summed E-state index contributed by atoms with van der Waals surface area (Å²) >= 11 is 16.5. The second-order valence-corrected chi connectivity index (χ2v) is 60.8. The molecule has 1 amide bonds. The van der Waals surface area contributed by atoms with Crippen LogP contribution in [-0.2, 0) is 45.3 Å². The van der Waals surface area contributed by atoms with Crippen molar-refractivity contribution in [2.24, 2.45) is 5.73 Å². The summed E-state index contributed by atoms with van der Waals surface area (Å²) in [7, 11) is -4.39. The Morgan fingerprint density at radius 1 is 0.466 bits per heavy atom. The van der Waals surface area contributed by atoms with E-state index in [-0.39, 0.29) is 186 Å². The van der Waals surface area contributed by atoms with Crippen LogP contribution in [0.15, 0.2) is 217 Å². The number of aromatic amines is 2. The van der Waals surface area contributed by atoms with Crippen LogP contribution in [-0.4, -0.2) is 126 Å². The van der Waals surface area contributed by atoms with Crippen LogP contribution in [0.5, 0.6) is 11.5 Å². The minimum atomic E-state index is -2.04. The number of alkyl halides is 1. The molecule has 1 aliphatic heterocycles. The summed E-state index contributed by atoms with van der Waals surface area (Å²) in [6, 6.07) is 37.9. The summed E-state index contributed by atoms with van der Waals surface area (Å²) < 4.78 is 95.2. The average Bonchev–Trinajstić information content (AvgIpc) is 0.782. The van der Waals surface area contributed by atoms with Crippen LogP contribution in [0.3, 0.4) is 0 Å². The van der Waals surface area contributed by atoms with Gasteiger partial charge in [0.05, 0.1) is 63.3 Å². The normalized spacial score (nSPS) is 13.9. The summed E-state index contributed by atoms with van der Waals surface area (Å²) in [6.07, 6.45) is 7.50. The number of halogens is 9.